The van der Waals surface area contributed by atoms with Crippen LogP contribution >= 0.6 is 0 Å². The van der Waals surface area contributed by atoms with Crippen molar-refractivity contribution >= 4 is 17.5 Å². The first kappa shape index (κ1) is 16.2. The minimum absolute atomic E-state index is 0.119. The first-order valence-electron chi connectivity index (χ1n) is 7.87. The molecule has 5 heteroatoms. The predicted molar refractivity (Wildman–Crippen MR) is 90.5 cm³/mol. The van der Waals surface area contributed by atoms with Gasteiger partial charge in [0.2, 0.25) is 5.91 Å². The van der Waals surface area contributed by atoms with Gasteiger partial charge in [0, 0.05) is 24.2 Å². The number of amides is 2. The number of benzene rings is 2. The van der Waals surface area contributed by atoms with Crippen LogP contribution in [0, 0.1) is 19.7 Å². The van der Waals surface area contributed by atoms with Crippen LogP contribution in [0.15, 0.2) is 42.5 Å². The van der Waals surface area contributed by atoms with Gasteiger partial charge in [-0.2, -0.15) is 0 Å². The average Bonchev–Trinajstić information content (AvgIpc) is 2.87. The Bertz CT molecular complexity index is 783. The van der Waals surface area contributed by atoms with Crippen molar-refractivity contribution in [2.24, 2.45) is 0 Å². The normalized spacial score (nSPS) is 17.2. The van der Waals surface area contributed by atoms with Crippen molar-refractivity contribution in [3.63, 3.8) is 0 Å². The average molecular weight is 326 g/mol. The van der Waals surface area contributed by atoms with E-state index in [0.29, 0.717) is 17.8 Å². The van der Waals surface area contributed by atoms with E-state index in [9.17, 15) is 14.0 Å². The Kier molecular flexibility index (Phi) is 4.34. The van der Waals surface area contributed by atoms with Crippen molar-refractivity contribution in [3.8, 4) is 0 Å². The Morgan fingerprint density at radius 2 is 1.88 bits per heavy atom. The molecule has 1 saturated heterocycles. The third kappa shape index (κ3) is 3.45. The fraction of sp³-hybridized carbons (Fsp3) is 0.263. The molecule has 1 aliphatic rings. The van der Waals surface area contributed by atoms with Gasteiger partial charge in [0.1, 0.15) is 5.82 Å². The summed E-state index contributed by atoms with van der Waals surface area (Å²) in [6.07, 6.45) is 0.215. The van der Waals surface area contributed by atoms with Crippen LogP contribution in [0.3, 0.4) is 0 Å². The molecule has 1 atom stereocenters. The molecule has 1 aliphatic heterocycles. The highest BCUT2D eigenvalue weighted by molar-refractivity contribution is 5.99. The van der Waals surface area contributed by atoms with Gasteiger partial charge in [-0.25, -0.2) is 4.39 Å². The topological polar surface area (TPSA) is 49.4 Å². The van der Waals surface area contributed by atoms with Crippen molar-refractivity contribution in [2.45, 2.75) is 26.3 Å². The highest BCUT2D eigenvalue weighted by Crippen LogP contribution is 2.22. The summed E-state index contributed by atoms with van der Waals surface area (Å²) in [5.41, 5.74) is 3.14. The lowest BCUT2D eigenvalue weighted by atomic mass is 10.1. The van der Waals surface area contributed by atoms with Crippen LogP contribution in [0.5, 0.6) is 0 Å². The number of hydrogen-bond donors (Lipinski definition) is 1. The van der Waals surface area contributed by atoms with E-state index < -0.39 is 0 Å². The predicted octanol–water partition coefficient (Wildman–Crippen LogP) is 2.98. The smallest absolute Gasteiger partial charge is 0.251 e. The van der Waals surface area contributed by atoms with E-state index in [1.807, 2.05) is 32.0 Å². The summed E-state index contributed by atoms with van der Waals surface area (Å²) in [4.78, 5) is 26.1. The second-order valence-corrected chi connectivity index (χ2v) is 6.24. The summed E-state index contributed by atoms with van der Waals surface area (Å²) >= 11 is 0. The van der Waals surface area contributed by atoms with Gasteiger partial charge in [-0.3, -0.25) is 9.59 Å². The standard InChI is InChI=1S/C19H19FN2O2/c1-12-6-13(2)8-14(7-12)19(24)21-16-10-18(23)22(11-16)17-5-3-4-15(20)9-17/h3-9,16H,10-11H2,1-2H3,(H,21,24)/t16-/m1/s1. The maximum Gasteiger partial charge on any atom is 0.251 e. The van der Waals surface area contributed by atoms with Crippen molar-refractivity contribution in [1.29, 1.82) is 0 Å². The molecule has 1 fully saturated rings. The maximum absolute atomic E-state index is 13.3. The lowest BCUT2D eigenvalue weighted by molar-refractivity contribution is -0.117. The third-order valence-corrected chi connectivity index (χ3v) is 4.06. The third-order valence-electron chi connectivity index (χ3n) is 4.06. The lowest BCUT2D eigenvalue weighted by Crippen LogP contribution is -2.37. The summed E-state index contributed by atoms with van der Waals surface area (Å²) in [5.74, 6) is -0.699. The van der Waals surface area contributed by atoms with Crippen molar-refractivity contribution in [1.82, 2.24) is 5.32 Å². The summed E-state index contributed by atoms with van der Waals surface area (Å²) in [6.45, 7) is 4.22. The Morgan fingerprint density at radius 1 is 1.17 bits per heavy atom. The molecule has 24 heavy (non-hydrogen) atoms. The number of nitrogens with zero attached hydrogens (tertiary/aromatic N) is 1. The molecule has 0 radical (unpaired) electrons. The molecule has 0 saturated carbocycles. The molecule has 124 valence electrons. The minimum atomic E-state index is -0.386. The zero-order chi connectivity index (χ0) is 17.3. The largest absolute Gasteiger partial charge is 0.347 e. The molecule has 4 nitrogen and oxygen atoms in total. The van der Waals surface area contributed by atoms with Crippen LogP contribution < -0.4 is 10.2 Å². The number of nitrogens with one attached hydrogen (secondary N) is 1. The highest BCUT2D eigenvalue weighted by Gasteiger charge is 2.31. The van der Waals surface area contributed by atoms with E-state index in [0.717, 1.165) is 11.1 Å². The van der Waals surface area contributed by atoms with E-state index in [-0.39, 0.29) is 30.1 Å². The monoisotopic (exact) mass is 326 g/mol. The molecular weight excluding hydrogens is 307 g/mol. The number of halogens is 1. The number of anilines is 1. The summed E-state index contributed by atoms with van der Waals surface area (Å²) < 4.78 is 13.3. The summed E-state index contributed by atoms with van der Waals surface area (Å²) in [5, 5.41) is 2.90. The van der Waals surface area contributed by atoms with Crippen molar-refractivity contribution < 1.29 is 14.0 Å². The molecule has 2 amide bonds. The Labute approximate surface area is 140 Å². The second-order valence-electron chi connectivity index (χ2n) is 6.24. The van der Waals surface area contributed by atoms with Gasteiger partial charge in [0.05, 0.1) is 6.04 Å². The number of aryl methyl sites for hydroxylation is 2. The van der Waals surface area contributed by atoms with Crippen molar-refractivity contribution in [3.05, 3.63) is 65.0 Å². The van der Waals surface area contributed by atoms with Crippen LogP contribution in [0.2, 0.25) is 0 Å². The number of hydrogen-bond acceptors (Lipinski definition) is 2. The van der Waals surface area contributed by atoms with Crippen LogP contribution in [0.4, 0.5) is 10.1 Å². The second kappa shape index (κ2) is 6.43. The fourth-order valence-corrected chi connectivity index (χ4v) is 3.07. The molecule has 0 aromatic heterocycles. The van der Waals surface area contributed by atoms with Gasteiger partial charge < -0.3 is 10.2 Å². The van der Waals surface area contributed by atoms with Gasteiger partial charge in [-0.1, -0.05) is 23.3 Å². The van der Waals surface area contributed by atoms with Crippen LogP contribution in [0.1, 0.15) is 27.9 Å². The van der Waals surface area contributed by atoms with Crippen molar-refractivity contribution in [2.75, 3.05) is 11.4 Å². The zero-order valence-corrected chi connectivity index (χ0v) is 13.7. The summed E-state index contributed by atoms with van der Waals surface area (Å²) in [6, 6.07) is 11.3. The molecule has 1 heterocycles. The first-order chi connectivity index (χ1) is 11.4. The SMILES string of the molecule is Cc1cc(C)cc(C(=O)N[C@@H]2CC(=O)N(c3cccc(F)c3)C2)c1. The molecule has 0 spiro atoms. The van der Waals surface area contributed by atoms with Crippen LogP contribution in [-0.2, 0) is 4.79 Å². The molecule has 2 aromatic rings. The van der Waals surface area contributed by atoms with Crippen LogP contribution in [0.25, 0.3) is 0 Å². The van der Waals surface area contributed by atoms with E-state index >= 15 is 0 Å². The quantitative estimate of drug-likeness (QED) is 0.943. The minimum Gasteiger partial charge on any atom is -0.347 e. The molecular formula is C19H19FN2O2. The Balaban J connectivity index is 1.71. The highest BCUT2D eigenvalue weighted by atomic mass is 19.1. The van der Waals surface area contributed by atoms with Gasteiger partial charge in [-0.15, -0.1) is 0 Å². The van der Waals surface area contributed by atoms with Gasteiger partial charge in [0.15, 0.2) is 0 Å². The molecule has 0 aliphatic carbocycles. The molecule has 0 bridgehead atoms. The van der Waals surface area contributed by atoms with Gasteiger partial charge >= 0.3 is 0 Å². The number of rotatable bonds is 3. The molecule has 1 N–H and O–H groups in total. The first-order valence-corrected chi connectivity index (χ1v) is 7.87. The van der Waals surface area contributed by atoms with Gasteiger partial charge in [0.25, 0.3) is 5.91 Å². The molecule has 2 aromatic carbocycles. The number of carbonyl (C=O) groups is 2. The number of carbonyl (C=O) groups excluding carboxylic acids is 2. The van der Waals surface area contributed by atoms with Crippen LogP contribution in [-0.4, -0.2) is 24.4 Å². The van der Waals surface area contributed by atoms with Gasteiger partial charge in [-0.05, 0) is 44.2 Å². The van der Waals surface area contributed by atoms with E-state index in [2.05, 4.69) is 5.32 Å². The molecule has 3 rings (SSSR count). The lowest BCUT2D eigenvalue weighted by Gasteiger charge is -2.17. The fourth-order valence-electron chi connectivity index (χ4n) is 3.07. The molecule has 0 unspecified atom stereocenters. The summed E-state index contributed by atoms with van der Waals surface area (Å²) in [7, 11) is 0. The van der Waals surface area contributed by atoms with E-state index in [4.69, 9.17) is 0 Å². The zero-order valence-electron chi connectivity index (χ0n) is 13.7. The Morgan fingerprint density at radius 3 is 2.54 bits per heavy atom. The van der Waals surface area contributed by atoms with E-state index in [1.54, 1.807) is 12.1 Å². The maximum atomic E-state index is 13.3. The Hall–Kier alpha value is -2.69. The van der Waals surface area contributed by atoms with E-state index in [1.165, 1.54) is 17.0 Å².